The second kappa shape index (κ2) is 5.83. The van der Waals surface area contributed by atoms with E-state index in [4.69, 9.17) is 4.74 Å². The van der Waals surface area contributed by atoms with Crippen molar-refractivity contribution in [3.05, 3.63) is 35.9 Å². The van der Waals surface area contributed by atoms with Crippen LogP contribution in [0.4, 0.5) is 4.79 Å². The van der Waals surface area contributed by atoms with E-state index in [1.165, 1.54) is 0 Å². The summed E-state index contributed by atoms with van der Waals surface area (Å²) in [7, 11) is 0. The van der Waals surface area contributed by atoms with Gasteiger partial charge < -0.3 is 14.7 Å². The van der Waals surface area contributed by atoms with Crippen molar-refractivity contribution in [1.82, 2.24) is 4.90 Å². The molecule has 0 aromatic heterocycles. The van der Waals surface area contributed by atoms with Gasteiger partial charge in [0.05, 0.1) is 5.60 Å². The molecule has 1 aromatic carbocycles. The summed E-state index contributed by atoms with van der Waals surface area (Å²) >= 11 is 0. The van der Waals surface area contributed by atoms with Crippen LogP contribution in [0, 0.1) is 11.8 Å². The van der Waals surface area contributed by atoms with E-state index < -0.39 is 5.60 Å². The zero-order valence-corrected chi connectivity index (χ0v) is 12.4. The van der Waals surface area contributed by atoms with Gasteiger partial charge in [0.25, 0.3) is 0 Å². The predicted molar refractivity (Wildman–Crippen MR) is 77.2 cm³/mol. The van der Waals surface area contributed by atoms with E-state index in [0.29, 0.717) is 13.1 Å². The number of carbonyl (C=O) groups excluding carboxylic acids is 1. The Balaban J connectivity index is 1.88. The van der Waals surface area contributed by atoms with E-state index in [1.54, 1.807) is 18.7 Å². The second-order valence-corrected chi connectivity index (χ2v) is 6.18. The topological polar surface area (TPSA) is 49.8 Å². The summed E-state index contributed by atoms with van der Waals surface area (Å²) in [4.78, 5) is 13.7. The Kier molecular flexibility index (Phi) is 4.33. The lowest BCUT2D eigenvalue weighted by Crippen LogP contribution is -2.36. The largest absolute Gasteiger partial charge is 0.445 e. The van der Waals surface area contributed by atoms with Crippen molar-refractivity contribution in [1.29, 1.82) is 0 Å². The summed E-state index contributed by atoms with van der Waals surface area (Å²) in [6, 6.07) is 9.64. The van der Waals surface area contributed by atoms with E-state index in [1.807, 2.05) is 30.3 Å². The van der Waals surface area contributed by atoms with Gasteiger partial charge in [-0.3, -0.25) is 0 Å². The summed E-state index contributed by atoms with van der Waals surface area (Å²) < 4.78 is 5.33. The molecule has 1 N–H and O–H groups in total. The lowest BCUT2D eigenvalue weighted by atomic mass is 9.84. The van der Waals surface area contributed by atoms with Crippen LogP contribution in [0.15, 0.2) is 30.3 Å². The Morgan fingerprint density at radius 2 is 2.00 bits per heavy atom. The third-order valence-corrected chi connectivity index (χ3v) is 3.98. The van der Waals surface area contributed by atoms with Crippen molar-refractivity contribution in [3.63, 3.8) is 0 Å². The fourth-order valence-electron chi connectivity index (χ4n) is 2.85. The first-order valence-corrected chi connectivity index (χ1v) is 7.06. The first-order valence-electron chi connectivity index (χ1n) is 7.06. The maximum Gasteiger partial charge on any atom is 0.410 e. The van der Waals surface area contributed by atoms with Crippen LogP contribution in [-0.2, 0) is 11.3 Å². The van der Waals surface area contributed by atoms with Crippen molar-refractivity contribution >= 4 is 6.09 Å². The molecular formula is C16H23NO3. The average molecular weight is 277 g/mol. The van der Waals surface area contributed by atoms with E-state index in [-0.39, 0.29) is 24.5 Å². The molecule has 20 heavy (non-hydrogen) atoms. The van der Waals surface area contributed by atoms with Crippen molar-refractivity contribution in [3.8, 4) is 0 Å². The molecule has 0 saturated carbocycles. The van der Waals surface area contributed by atoms with Gasteiger partial charge in [0.1, 0.15) is 6.61 Å². The summed E-state index contributed by atoms with van der Waals surface area (Å²) in [6.07, 6.45) is -0.299. The fraction of sp³-hybridized carbons (Fsp3) is 0.562. The number of nitrogens with zero attached hydrogens (tertiary/aromatic N) is 1. The number of rotatable bonds is 3. The van der Waals surface area contributed by atoms with E-state index >= 15 is 0 Å². The quantitative estimate of drug-likeness (QED) is 0.924. The molecule has 1 aromatic rings. The van der Waals surface area contributed by atoms with Gasteiger partial charge in [0, 0.05) is 19.0 Å². The molecule has 4 heteroatoms. The van der Waals surface area contributed by atoms with Crippen molar-refractivity contribution in [2.75, 3.05) is 13.1 Å². The highest BCUT2D eigenvalue weighted by molar-refractivity contribution is 5.68. The maximum absolute atomic E-state index is 12.1. The number of ether oxygens (including phenoxy) is 1. The van der Waals surface area contributed by atoms with Gasteiger partial charge in [0.2, 0.25) is 0 Å². The summed E-state index contributed by atoms with van der Waals surface area (Å²) in [5.41, 5.74) is 0.209. The van der Waals surface area contributed by atoms with E-state index in [9.17, 15) is 9.90 Å². The van der Waals surface area contributed by atoms with Crippen molar-refractivity contribution in [2.24, 2.45) is 11.8 Å². The maximum atomic E-state index is 12.1. The molecule has 2 atom stereocenters. The highest BCUT2D eigenvalue weighted by atomic mass is 16.6. The van der Waals surface area contributed by atoms with Crippen LogP contribution in [0.5, 0.6) is 0 Å². The van der Waals surface area contributed by atoms with Crippen LogP contribution in [0.3, 0.4) is 0 Å². The van der Waals surface area contributed by atoms with Crippen LogP contribution in [0.2, 0.25) is 0 Å². The second-order valence-electron chi connectivity index (χ2n) is 6.18. The summed E-state index contributed by atoms with van der Waals surface area (Å²) in [6.45, 7) is 7.14. The van der Waals surface area contributed by atoms with Crippen LogP contribution in [-0.4, -0.2) is 34.8 Å². The number of likely N-dealkylation sites (tertiary alicyclic amines) is 1. The van der Waals surface area contributed by atoms with Gasteiger partial charge in [-0.05, 0) is 25.3 Å². The molecule has 0 unspecified atom stereocenters. The average Bonchev–Trinajstić information content (AvgIpc) is 2.79. The molecule has 0 bridgehead atoms. The zero-order chi connectivity index (χ0) is 14.8. The van der Waals surface area contributed by atoms with Gasteiger partial charge >= 0.3 is 6.09 Å². The first-order chi connectivity index (χ1) is 9.38. The molecule has 1 amide bonds. The molecule has 4 nitrogen and oxygen atoms in total. The van der Waals surface area contributed by atoms with Gasteiger partial charge in [-0.1, -0.05) is 37.3 Å². The van der Waals surface area contributed by atoms with Crippen LogP contribution >= 0.6 is 0 Å². The molecule has 1 aliphatic heterocycles. The number of hydrogen-bond donors (Lipinski definition) is 1. The van der Waals surface area contributed by atoms with Crippen LogP contribution < -0.4 is 0 Å². The Bertz CT molecular complexity index is 453. The minimum absolute atomic E-state index is 0.0896. The normalized spacial score (nSPS) is 22.9. The number of carbonyl (C=O) groups is 1. The summed E-state index contributed by atoms with van der Waals surface area (Å²) in [5.74, 6) is 0.367. The minimum atomic E-state index is -0.770. The van der Waals surface area contributed by atoms with E-state index in [2.05, 4.69) is 6.92 Å². The smallest absolute Gasteiger partial charge is 0.410 e. The molecule has 0 aliphatic carbocycles. The predicted octanol–water partition coefficient (Wildman–Crippen LogP) is 2.66. The molecule has 1 fully saturated rings. The molecule has 2 rings (SSSR count). The molecule has 1 saturated heterocycles. The minimum Gasteiger partial charge on any atom is -0.445 e. The molecule has 110 valence electrons. The number of hydrogen-bond acceptors (Lipinski definition) is 3. The standard InChI is InChI=1S/C16H23NO3/c1-12-9-17(10-14(12)16(2,3)19)15(18)20-11-13-7-5-4-6-8-13/h4-8,12,14,19H,9-11H2,1-3H3/t12-,14+/m1/s1. The SMILES string of the molecule is C[C@@H]1CN(C(=O)OCc2ccccc2)C[C@@H]1C(C)(C)O. The fourth-order valence-corrected chi connectivity index (χ4v) is 2.85. The third kappa shape index (κ3) is 3.51. The van der Waals surface area contributed by atoms with Crippen LogP contribution in [0.1, 0.15) is 26.3 Å². The highest BCUT2D eigenvalue weighted by Gasteiger charge is 2.41. The van der Waals surface area contributed by atoms with Crippen LogP contribution in [0.25, 0.3) is 0 Å². The Hall–Kier alpha value is -1.55. The number of amides is 1. The van der Waals surface area contributed by atoms with Gasteiger partial charge in [-0.2, -0.15) is 0 Å². The third-order valence-electron chi connectivity index (χ3n) is 3.98. The summed E-state index contributed by atoms with van der Waals surface area (Å²) in [5, 5.41) is 10.1. The highest BCUT2D eigenvalue weighted by Crippen LogP contribution is 2.32. The van der Waals surface area contributed by atoms with Crippen molar-refractivity contribution in [2.45, 2.75) is 33.0 Å². The number of aliphatic hydroxyl groups is 1. The molecule has 1 aliphatic rings. The van der Waals surface area contributed by atoms with Crippen molar-refractivity contribution < 1.29 is 14.6 Å². The Morgan fingerprint density at radius 3 is 2.55 bits per heavy atom. The molecule has 0 spiro atoms. The first kappa shape index (κ1) is 14.9. The van der Waals surface area contributed by atoms with E-state index in [0.717, 1.165) is 5.56 Å². The Morgan fingerprint density at radius 1 is 1.35 bits per heavy atom. The number of benzene rings is 1. The monoisotopic (exact) mass is 277 g/mol. The van der Waals surface area contributed by atoms with Gasteiger partial charge in [-0.25, -0.2) is 4.79 Å². The molecular weight excluding hydrogens is 254 g/mol. The molecule has 1 heterocycles. The zero-order valence-electron chi connectivity index (χ0n) is 12.4. The lowest BCUT2D eigenvalue weighted by molar-refractivity contribution is 0.00709. The van der Waals surface area contributed by atoms with Gasteiger partial charge in [0.15, 0.2) is 0 Å². The van der Waals surface area contributed by atoms with Gasteiger partial charge in [-0.15, -0.1) is 0 Å². The lowest BCUT2D eigenvalue weighted by Gasteiger charge is -2.28. The molecule has 0 radical (unpaired) electrons. The Labute approximate surface area is 120 Å².